The van der Waals surface area contributed by atoms with Crippen molar-refractivity contribution in [2.75, 3.05) is 6.54 Å². The molecule has 2 aromatic heterocycles. The minimum atomic E-state index is -1.12. The quantitative estimate of drug-likeness (QED) is 0.838. The molecule has 0 aliphatic carbocycles. The Kier molecular flexibility index (Phi) is 3.33. The average Bonchev–Trinajstić information content (AvgIpc) is 3.09. The van der Waals surface area contributed by atoms with E-state index in [1.807, 2.05) is 0 Å². The standard InChI is InChI=1S/C12H11BrFN3O3/c1-6-15-11(20-16-6)8-4-7(14)5-17(8)12(18)9-2-3-10(13)19-9/h2-3,7-8H,4-5H2,1H3/t7-,8-/m0/s1. The van der Waals surface area contributed by atoms with Crippen molar-refractivity contribution in [3.8, 4) is 0 Å². The molecule has 106 valence electrons. The normalized spacial score (nSPS) is 22.4. The lowest BCUT2D eigenvalue weighted by Gasteiger charge is -2.19. The van der Waals surface area contributed by atoms with E-state index in [1.54, 1.807) is 13.0 Å². The fraction of sp³-hybridized carbons (Fsp3) is 0.417. The van der Waals surface area contributed by atoms with Crippen LogP contribution >= 0.6 is 15.9 Å². The van der Waals surface area contributed by atoms with Crippen LogP contribution in [0.4, 0.5) is 4.39 Å². The fourth-order valence-corrected chi connectivity index (χ4v) is 2.57. The minimum Gasteiger partial charge on any atom is -0.444 e. The molecular weight excluding hydrogens is 333 g/mol. The van der Waals surface area contributed by atoms with Crippen LogP contribution < -0.4 is 0 Å². The highest BCUT2D eigenvalue weighted by Crippen LogP contribution is 2.34. The molecule has 1 saturated heterocycles. The SMILES string of the molecule is Cc1noc([C@@H]2C[C@H](F)CN2C(=O)c2ccc(Br)o2)n1. The van der Waals surface area contributed by atoms with Gasteiger partial charge in [-0.25, -0.2) is 4.39 Å². The summed E-state index contributed by atoms with van der Waals surface area (Å²) < 4.78 is 24.4. The smallest absolute Gasteiger partial charge is 0.290 e. The van der Waals surface area contributed by atoms with Crippen molar-refractivity contribution in [2.24, 2.45) is 0 Å². The first-order valence-electron chi connectivity index (χ1n) is 6.05. The number of alkyl halides is 1. The van der Waals surface area contributed by atoms with Crippen molar-refractivity contribution in [2.45, 2.75) is 25.6 Å². The van der Waals surface area contributed by atoms with Crippen LogP contribution in [0.3, 0.4) is 0 Å². The predicted molar refractivity (Wildman–Crippen MR) is 68.7 cm³/mol. The van der Waals surface area contributed by atoms with E-state index in [4.69, 9.17) is 8.94 Å². The van der Waals surface area contributed by atoms with Crippen molar-refractivity contribution >= 4 is 21.8 Å². The van der Waals surface area contributed by atoms with Gasteiger partial charge < -0.3 is 13.8 Å². The average molecular weight is 344 g/mol. The van der Waals surface area contributed by atoms with Crippen molar-refractivity contribution < 1.29 is 18.1 Å². The Bertz CT molecular complexity index is 641. The molecule has 0 unspecified atom stereocenters. The molecule has 1 aliphatic heterocycles. The summed E-state index contributed by atoms with van der Waals surface area (Å²) >= 11 is 3.13. The molecule has 1 aliphatic rings. The van der Waals surface area contributed by atoms with Gasteiger partial charge in [0.05, 0.1) is 6.54 Å². The molecule has 2 aromatic rings. The number of hydrogen-bond acceptors (Lipinski definition) is 5. The van der Waals surface area contributed by atoms with E-state index in [2.05, 4.69) is 26.1 Å². The van der Waals surface area contributed by atoms with Crippen molar-refractivity contribution in [1.82, 2.24) is 15.0 Å². The van der Waals surface area contributed by atoms with Gasteiger partial charge in [-0.2, -0.15) is 4.98 Å². The van der Waals surface area contributed by atoms with Crippen LogP contribution in [-0.2, 0) is 0 Å². The zero-order chi connectivity index (χ0) is 14.3. The number of likely N-dealkylation sites (tertiary alicyclic amines) is 1. The van der Waals surface area contributed by atoms with Gasteiger partial charge in [-0.15, -0.1) is 0 Å². The van der Waals surface area contributed by atoms with E-state index in [0.717, 1.165) is 0 Å². The Morgan fingerprint density at radius 2 is 2.35 bits per heavy atom. The summed E-state index contributed by atoms with van der Waals surface area (Å²) in [4.78, 5) is 17.8. The Morgan fingerprint density at radius 3 is 2.95 bits per heavy atom. The van der Waals surface area contributed by atoms with Crippen LogP contribution in [0.1, 0.15) is 34.7 Å². The van der Waals surface area contributed by atoms with Gasteiger partial charge >= 0.3 is 0 Å². The van der Waals surface area contributed by atoms with Gasteiger partial charge in [-0.1, -0.05) is 5.16 Å². The highest BCUT2D eigenvalue weighted by atomic mass is 79.9. The summed E-state index contributed by atoms with van der Waals surface area (Å²) in [5.41, 5.74) is 0. The Labute approximate surface area is 122 Å². The molecule has 0 aromatic carbocycles. The topological polar surface area (TPSA) is 72.4 Å². The monoisotopic (exact) mass is 343 g/mol. The highest BCUT2D eigenvalue weighted by Gasteiger charge is 2.40. The van der Waals surface area contributed by atoms with Crippen LogP contribution in [0.2, 0.25) is 0 Å². The molecule has 0 spiro atoms. The molecule has 0 bridgehead atoms. The van der Waals surface area contributed by atoms with Gasteiger partial charge in [0.2, 0.25) is 5.89 Å². The first-order valence-corrected chi connectivity index (χ1v) is 6.84. The third-order valence-electron chi connectivity index (χ3n) is 3.12. The van der Waals surface area contributed by atoms with Crippen LogP contribution in [0, 0.1) is 6.92 Å². The largest absolute Gasteiger partial charge is 0.444 e. The molecule has 0 N–H and O–H groups in total. The van der Waals surface area contributed by atoms with Crippen LogP contribution in [0.5, 0.6) is 0 Å². The van der Waals surface area contributed by atoms with Gasteiger partial charge in [-0.3, -0.25) is 4.79 Å². The Hall–Kier alpha value is -1.70. The maximum atomic E-state index is 13.7. The van der Waals surface area contributed by atoms with Crippen molar-refractivity contribution in [3.05, 3.63) is 34.3 Å². The molecular formula is C12H11BrFN3O3. The lowest BCUT2D eigenvalue weighted by molar-refractivity contribution is 0.0670. The van der Waals surface area contributed by atoms with Crippen LogP contribution in [-0.4, -0.2) is 33.7 Å². The third kappa shape index (κ3) is 2.35. The number of furan rings is 1. The summed E-state index contributed by atoms with van der Waals surface area (Å²) in [5, 5.41) is 3.68. The van der Waals surface area contributed by atoms with Crippen LogP contribution in [0.25, 0.3) is 0 Å². The van der Waals surface area contributed by atoms with Crippen molar-refractivity contribution in [3.63, 3.8) is 0 Å². The summed E-state index contributed by atoms with van der Waals surface area (Å²) in [6.07, 6.45) is -0.968. The molecule has 3 rings (SSSR count). The zero-order valence-corrected chi connectivity index (χ0v) is 12.1. The first kappa shape index (κ1) is 13.3. The number of carbonyl (C=O) groups excluding carboxylic acids is 1. The molecule has 3 heterocycles. The number of amides is 1. The second kappa shape index (κ2) is 5.01. The lowest BCUT2D eigenvalue weighted by Crippen LogP contribution is -2.31. The van der Waals surface area contributed by atoms with Crippen LogP contribution in [0.15, 0.2) is 25.7 Å². The van der Waals surface area contributed by atoms with Gasteiger partial charge in [0.1, 0.15) is 12.2 Å². The number of aryl methyl sites for hydroxylation is 1. The highest BCUT2D eigenvalue weighted by molar-refractivity contribution is 9.10. The maximum absolute atomic E-state index is 13.7. The molecule has 8 heteroatoms. The minimum absolute atomic E-state index is 0.0107. The maximum Gasteiger partial charge on any atom is 0.290 e. The first-order chi connectivity index (χ1) is 9.54. The second-order valence-electron chi connectivity index (χ2n) is 4.59. The van der Waals surface area contributed by atoms with E-state index in [1.165, 1.54) is 11.0 Å². The third-order valence-corrected chi connectivity index (χ3v) is 3.55. The van der Waals surface area contributed by atoms with E-state index < -0.39 is 18.1 Å². The van der Waals surface area contributed by atoms with E-state index in [-0.39, 0.29) is 24.6 Å². The predicted octanol–water partition coefficient (Wildman–Crippen LogP) is 2.66. The summed E-state index contributed by atoms with van der Waals surface area (Å²) in [7, 11) is 0. The number of carbonyl (C=O) groups is 1. The fourth-order valence-electron chi connectivity index (χ4n) is 2.26. The number of hydrogen-bond donors (Lipinski definition) is 0. The van der Waals surface area contributed by atoms with E-state index in [9.17, 15) is 9.18 Å². The van der Waals surface area contributed by atoms with E-state index in [0.29, 0.717) is 10.5 Å². The van der Waals surface area contributed by atoms with Crippen molar-refractivity contribution in [1.29, 1.82) is 0 Å². The summed E-state index contributed by atoms with van der Waals surface area (Å²) in [6, 6.07) is 2.60. The molecule has 0 radical (unpaired) electrons. The Balaban J connectivity index is 1.88. The molecule has 20 heavy (non-hydrogen) atoms. The molecule has 2 atom stereocenters. The number of rotatable bonds is 2. The Morgan fingerprint density at radius 1 is 1.55 bits per heavy atom. The molecule has 0 saturated carbocycles. The summed E-state index contributed by atoms with van der Waals surface area (Å²) in [6.45, 7) is 1.66. The number of nitrogens with zero attached hydrogens (tertiary/aromatic N) is 3. The van der Waals surface area contributed by atoms with E-state index >= 15 is 0 Å². The number of halogens is 2. The van der Waals surface area contributed by atoms with Gasteiger partial charge in [0.25, 0.3) is 5.91 Å². The summed E-state index contributed by atoms with van der Waals surface area (Å²) in [5.74, 6) is 0.459. The number of aromatic nitrogens is 2. The molecule has 1 fully saturated rings. The lowest BCUT2D eigenvalue weighted by atomic mass is 10.2. The zero-order valence-electron chi connectivity index (χ0n) is 10.5. The van der Waals surface area contributed by atoms with Gasteiger partial charge in [0.15, 0.2) is 16.3 Å². The second-order valence-corrected chi connectivity index (χ2v) is 5.37. The van der Waals surface area contributed by atoms with Gasteiger partial charge in [-0.05, 0) is 35.0 Å². The molecule has 1 amide bonds. The molecule has 6 nitrogen and oxygen atoms in total. The van der Waals surface area contributed by atoms with Gasteiger partial charge in [0, 0.05) is 6.42 Å².